The van der Waals surface area contributed by atoms with Crippen LogP contribution < -0.4 is 0 Å². The number of nitrogens with one attached hydrogen (secondary N) is 1. The van der Waals surface area contributed by atoms with Gasteiger partial charge in [-0.15, -0.1) is 0 Å². The van der Waals surface area contributed by atoms with Gasteiger partial charge in [-0.2, -0.15) is 5.10 Å². The van der Waals surface area contributed by atoms with E-state index in [2.05, 4.69) is 10.1 Å². The number of rotatable bonds is 2. The first-order valence-electron chi connectivity index (χ1n) is 6.15. The molecular formula is C13H12ClFN4S. The van der Waals surface area contributed by atoms with Crippen LogP contribution in [-0.2, 0) is 13.5 Å². The lowest BCUT2D eigenvalue weighted by molar-refractivity contribution is 0.627. The Morgan fingerprint density at radius 1 is 1.45 bits per heavy atom. The van der Waals surface area contributed by atoms with Gasteiger partial charge in [0.2, 0.25) is 0 Å². The van der Waals surface area contributed by atoms with Crippen LogP contribution in [0.1, 0.15) is 12.6 Å². The summed E-state index contributed by atoms with van der Waals surface area (Å²) >= 11 is 11.2. The van der Waals surface area contributed by atoms with E-state index in [9.17, 15) is 4.39 Å². The molecule has 2 heterocycles. The minimum absolute atomic E-state index is 0.0663. The molecule has 4 nitrogen and oxygen atoms in total. The maximum atomic E-state index is 13.3. The van der Waals surface area contributed by atoms with Crippen molar-refractivity contribution in [2.24, 2.45) is 7.05 Å². The van der Waals surface area contributed by atoms with Crippen molar-refractivity contribution < 1.29 is 4.39 Å². The van der Waals surface area contributed by atoms with Gasteiger partial charge in [0.15, 0.2) is 10.4 Å². The third kappa shape index (κ3) is 1.87. The Bertz CT molecular complexity index is 861. The molecule has 1 aromatic carbocycles. The second-order valence-electron chi connectivity index (χ2n) is 4.49. The molecule has 104 valence electrons. The summed E-state index contributed by atoms with van der Waals surface area (Å²) in [5.41, 5.74) is 3.40. The van der Waals surface area contributed by atoms with Gasteiger partial charge < -0.3 is 4.98 Å². The van der Waals surface area contributed by atoms with Crippen LogP contribution in [0, 0.1) is 10.6 Å². The molecule has 0 amide bonds. The van der Waals surface area contributed by atoms with Crippen molar-refractivity contribution in [3.8, 4) is 5.69 Å². The van der Waals surface area contributed by atoms with E-state index in [1.54, 1.807) is 16.8 Å². The first kappa shape index (κ1) is 13.3. The molecule has 1 N–H and O–H groups in total. The quantitative estimate of drug-likeness (QED) is 0.732. The summed E-state index contributed by atoms with van der Waals surface area (Å²) in [5.74, 6) is -0.451. The SMILES string of the molecule is CCc1nn(C)c2c1[nH]c(=S)n2-c1ccc(F)c(Cl)c1. The molecule has 0 radical (unpaired) electrons. The van der Waals surface area contributed by atoms with Crippen molar-refractivity contribution in [3.63, 3.8) is 0 Å². The molecule has 2 aromatic heterocycles. The van der Waals surface area contributed by atoms with Crippen LogP contribution in [0.25, 0.3) is 16.9 Å². The summed E-state index contributed by atoms with van der Waals surface area (Å²) < 4.78 is 17.4. The molecule has 0 bridgehead atoms. The highest BCUT2D eigenvalue weighted by atomic mass is 35.5. The van der Waals surface area contributed by atoms with Crippen molar-refractivity contribution in [3.05, 3.63) is 39.5 Å². The van der Waals surface area contributed by atoms with Gasteiger partial charge in [-0.25, -0.2) is 9.07 Å². The molecule has 0 fully saturated rings. The lowest BCUT2D eigenvalue weighted by atomic mass is 10.3. The molecule has 0 saturated heterocycles. The average molecular weight is 311 g/mol. The smallest absolute Gasteiger partial charge is 0.184 e. The van der Waals surface area contributed by atoms with Gasteiger partial charge in [0, 0.05) is 7.05 Å². The first-order valence-corrected chi connectivity index (χ1v) is 6.93. The van der Waals surface area contributed by atoms with Gasteiger partial charge >= 0.3 is 0 Å². The largest absolute Gasteiger partial charge is 0.327 e. The monoisotopic (exact) mass is 310 g/mol. The summed E-state index contributed by atoms with van der Waals surface area (Å²) in [6.45, 7) is 2.03. The number of H-pyrrole nitrogens is 1. The maximum absolute atomic E-state index is 13.3. The second-order valence-corrected chi connectivity index (χ2v) is 5.28. The Morgan fingerprint density at radius 2 is 2.20 bits per heavy atom. The summed E-state index contributed by atoms with van der Waals surface area (Å²) in [5, 5.41) is 4.51. The predicted octanol–water partition coefficient (Wildman–Crippen LogP) is 3.78. The van der Waals surface area contributed by atoms with Gasteiger partial charge in [-0.3, -0.25) is 4.57 Å². The van der Waals surface area contributed by atoms with Crippen molar-refractivity contribution in [1.82, 2.24) is 19.3 Å². The van der Waals surface area contributed by atoms with Crippen LogP contribution in [0.5, 0.6) is 0 Å². The Hall–Kier alpha value is -1.66. The van der Waals surface area contributed by atoms with Gasteiger partial charge in [-0.05, 0) is 36.8 Å². The van der Waals surface area contributed by atoms with E-state index in [1.165, 1.54) is 6.07 Å². The van der Waals surface area contributed by atoms with Gasteiger partial charge in [0.25, 0.3) is 0 Å². The molecule has 20 heavy (non-hydrogen) atoms. The van der Waals surface area contributed by atoms with Crippen LogP contribution in [0.4, 0.5) is 4.39 Å². The lowest BCUT2D eigenvalue weighted by Gasteiger charge is -2.05. The van der Waals surface area contributed by atoms with E-state index in [0.717, 1.165) is 23.3 Å². The zero-order valence-electron chi connectivity index (χ0n) is 10.9. The number of fused-ring (bicyclic) bond motifs is 1. The van der Waals surface area contributed by atoms with Crippen molar-refractivity contribution in [2.45, 2.75) is 13.3 Å². The van der Waals surface area contributed by atoms with Crippen LogP contribution in [0.15, 0.2) is 18.2 Å². The number of aromatic amines is 1. The number of halogens is 2. The van der Waals surface area contributed by atoms with E-state index in [4.69, 9.17) is 23.8 Å². The first-order chi connectivity index (χ1) is 9.52. The van der Waals surface area contributed by atoms with Gasteiger partial charge in [0.1, 0.15) is 11.3 Å². The number of aryl methyl sites for hydroxylation is 2. The molecule has 0 atom stereocenters. The highest BCUT2D eigenvalue weighted by molar-refractivity contribution is 7.71. The lowest BCUT2D eigenvalue weighted by Crippen LogP contribution is -2.01. The normalized spacial score (nSPS) is 11.4. The fourth-order valence-electron chi connectivity index (χ4n) is 2.32. The number of imidazole rings is 1. The summed E-state index contributed by atoms with van der Waals surface area (Å²) in [6, 6.07) is 4.52. The Kier molecular flexibility index (Phi) is 3.14. The Labute approximate surface area is 124 Å². The summed E-state index contributed by atoms with van der Waals surface area (Å²) in [6.07, 6.45) is 0.802. The van der Waals surface area contributed by atoms with Crippen LogP contribution in [-0.4, -0.2) is 19.3 Å². The third-order valence-corrected chi connectivity index (χ3v) is 3.81. The molecule has 0 saturated carbocycles. The number of aromatic nitrogens is 4. The van der Waals surface area contributed by atoms with Gasteiger partial charge in [0.05, 0.1) is 16.4 Å². The molecule has 0 spiro atoms. The Morgan fingerprint density at radius 3 is 2.85 bits per heavy atom. The average Bonchev–Trinajstić information content (AvgIpc) is 2.90. The molecule has 3 aromatic rings. The van der Waals surface area contributed by atoms with E-state index in [0.29, 0.717) is 10.5 Å². The van der Waals surface area contributed by atoms with E-state index >= 15 is 0 Å². The number of hydrogen-bond acceptors (Lipinski definition) is 2. The zero-order valence-corrected chi connectivity index (χ0v) is 12.5. The minimum Gasteiger partial charge on any atom is -0.327 e. The fourth-order valence-corrected chi connectivity index (χ4v) is 2.79. The summed E-state index contributed by atoms with van der Waals surface area (Å²) in [7, 11) is 1.85. The summed E-state index contributed by atoms with van der Waals surface area (Å²) in [4.78, 5) is 3.16. The maximum Gasteiger partial charge on any atom is 0.184 e. The molecule has 0 unspecified atom stereocenters. The molecule has 0 aliphatic heterocycles. The molecular weight excluding hydrogens is 299 g/mol. The van der Waals surface area contributed by atoms with Crippen LogP contribution >= 0.6 is 23.8 Å². The standard InChI is InChI=1S/C13H12ClFN4S/c1-3-10-11-12(18(2)17-10)19(13(20)16-11)7-4-5-9(15)8(14)6-7/h4-6H,3H2,1-2H3,(H,16,20). The van der Waals surface area contributed by atoms with Crippen molar-refractivity contribution in [2.75, 3.05) is 0 Å². The van der Waals surface area contributed by atoms with Gasteiger partial charge in [-0.1, -0.05) is 18.5 Å². The number of benzene rings is 1. The predicted molar refractivity (Wildman–Crippen MR) is 79.6 cm³/mol. The van der Waals surface area contributed by atoms with E-state index in [1.807, 2.05) is 18.5 Å². The number of hydrogen-bond donors (Lipinski definition) is 1. The molecule has 0 aliphatic carbocycles. The highest BCUT2D eigenvalue weighted by Gasteiger charge is 2.16. The highest BCUT2D eigenvalue weighted by Crippen LogP contribution is 2.25. The van der Waals surface area contributed by atoms with Crippen LogP contribution in [0.3, 0.4) is 0 Å². The topological polar surface area (TPSA) is 38.5 Å². The van der Waals surface area contributed by atoms with E-state index in [-0.39, 0.29) is 5.02 Å². The van der Waals surface area contributed by atoms with E-state index < -0.39 is 5.82 Å². The third-order valence-electron chi connectivity index (χ3n) is 3.23. The number of nitrogens with zero attached hydrogens (tertiary/aromatic N) is 3. The molecule has 0 aliphatic rings. The fraction of sp³-hybridized carbons (Fsp3) is 0.231. The van der Waals surface area contributed by atoms with Crippen molar-refractivity contribution in [1.29, 1.82) is 0 Å². The van der Waals surface area contributed by atoms with Crippen LogP contribution in [0.2, 0.25) is 5.02 Å². The zero-order chi connectivity index (χ0) is 14.4. The van der Waals surface area contributed by atoms with Crippen molar-refractivity contribution >= 4 is 35.0 Å². The second kappa shape index (κ2) is 4.71. The molecule has 7 heteroatoms. The molecule has 3 rings (SSSR count). The minimum atomic E-state index is -0.451. The Balaban J connectivity index is 2.35.